The third kappa shape index (κ3) is 3.40. The highest BCUT2D eigenvalue weighted by atomic mass is 35.5. The van der Waals surface area contributed by atoms with Crippen LogP contribution >= 0.6 is 23.2 Å². The van der Waals surface area contributed by atoms with Crippen molar-refractivity contribution < 1.29 is 17.9 Å². The lowest BCUT2D eigenvalue weighted by Gasteiger charge is -2.12. The summed E-state index contributed by atoms with van der Waals surface area (Å²) in [5.41, 5.74) is 5.07. The van der Waals surface area contributed by atoms with Crippen LogP contribution in [0.3, 0.4) is 0 Å². The zero-order valence-corrected chi connectivity index (χ0v) is 8.62. The van der Waals surface area contributed by atoms with Crippen molar-refractivity contribution in [2.45, 2.75) is 12.9 Å². The third-order valence-electron chi connectivity index (χ3n) is 1.39. The molecule has 84 valence electrons. The van der Waals surface area contributed by atoms with E-state index in [9.17, 15) is 13.2 Å². The summed E-state index contributed by atoms with van der Waals surface area (Å²) in [6.07, 6.45) is -4.82. The molecule has 1 aromatic rings. The van der Waals surface area contributed by atoms with Crippen molar-refractivity contribution in [2.24, 2.45) is 5.73 Å². The van der Waals surface area contributed by atoms with Crippen molar-refractivity contribution in [2.75, 3.05) is 0 Å². The molecule has 1 aromatic heterocycles. The largest absolute Gasteiger partial charge is 0.573 e. The van der Waals surface area contributed by atoms with E-state index in [4.69, 9.17) is 28.9 Å². The molecular formula is C7H5Cl2F3N2O. The zero-order valence-electron chi connectivity index (χ0n) is 7.11. The quantitative estimate of drug-likeness (QED) is 0.832. The molecule has 1 rings (SSSR count). The van der Waals surface area contributed by atoms with Gasteiger partial charge in [-0.2, -0.15) is 0 Å². The number of nitrogens with zero attached hydrogens (tertiary/aromatic N) is 1. The van der Waals surface area contributed by atoms with Gasteiger partial charge in [0.15, 0.2) is 5.75 Å². The molecule has 2 N–H and O–H groups in total. The molecule has 0 aliphatic rings. The predicted octanol–water partition coefficient (Wildman–Crippen LogP) is 2.75. The van der Waals surface area contributed by atoms with Crippen LogP contribution in [0.4, 0.5) is 13.2 Å². The van der Waals surface area contributed by atoms with Gasteiger partial charge in [0.1, 0.15) is 5.15 Å². The Hall–Kier alpha value is -0.720. The van der Waals surface area contributed by atoms with Crippen molar-refractivity contribution in [3.8, 4) is 5.75 Å². The second-order valence-electron chi connectivity index (χ2n) is 2.46. The van der Waals surface area contributed by atoms with Gasteiger partial charge in [-0.15, -0.1) is 13.2 Å². The third-order valence-corrected chi connectivity index (χ3v) is 2.06. The first kappa shape index (κ1) is 12.4. The zero-order chi connectivity index (χ0) is 11.6. The van der Waals surface area contributed by atoms with Gasteiger partial charge in [0, 0.05) is 12.6 Å². The summed E-state index contributed by atoms with van der Waals surface area (Å²) in [7, 11) is 0. The highest BCUT2D eigenvalue weighted by Crippen LogP contribution is 2.31. The molecular weight excluding hydrogens is 256 g/mol. The molecule has 0 bridgehead atoms. The Morgan fingerprint density at radius 2 is 2.00 bits per heavy atom. The van der Waals surface area contributed by atoms with Crippen molar-refractivity contribution in [1.82, 2.24) is 4.98 Å². The molecule has 0 atom stereocenters. The van der Waals surface area contributed by atoms with Crippen LogP contribution in [0.15, 0.2) is 6.07 Å². The lowest BCUT2D eigenvalue weighted by atomic mass is 10.3. The van der Waals surface area contributed by atoms with Crippen LogP contribution in [0.5, 0.6) is 5.75 Å². The van der Waals surface area contributed by atoms with Crippen LogP contribution in [-0.2, 0) is 6.54 Å². The first-order valence-corrected chi connectivity index (χ1v) is 4.40. The molecule has 0 aliphatic heterocycles. The Kier molecular flexibility index (Phi) is 3.64. The number of hydrogen-bond donors (Lipinski definition) is 1. The predicted molar refractivity (Wildman–Crippen MR) is 48.8 cm³/mol. The Morgan fingerprint density at radius 3 is 2.47 bits per heavy atom. The lowest BCUT2D eigenvalue weighted by molar-refractivity contribution is -0.275. The van der Waals surface area contributed by atoms with E-state index in [0.717, 1.165) is 6.07 Å². The number of ether oxygens (including phenoxy) is 1. The van der Waals surface area contributed by atoms with E-state index in [0.29, 0.717) is 0 Å². The second kappa shape index (κ2) is 4.42. The molecule has 8 heteroatoms. The van der Waals surface area contributed by atoms with Gasteiger partial charge < -0.3 is 10.5 Å². The molecule has 0 saturated carbocycles. The Labute approximate surface area is 92.9 Å². The van der Waals surface area contributed by atoms with Crippen LogP contribution in [0, 0.1) is 0 Å². The molecule has 0 spiro atoms. The van der Waals surface area contributed by atoms with E-state index in [-0.39, 0.29) is 22.4 Å². The normalized spacial score (nSPS) is 11.6. The van der Waals surface area contributed by atoms with Gasteiger partial charge in [0.05, 0.1) is 10.7 Å². The molecule has 1 heterocycles. The monoisotopic (exact) mass is 260 g/mol. The summed E-state index contributed by atoms with van der Waals surface area (Å²) in [6.45, 7) is -0.234. The lowest BCUT2D eigenvalue weighted by Crippen LogP contribution is -2.19. The minimum absolute atomic E-state index is 0.110. The van der Waals surface area contributed by atoms with Crippen LogP contribution in [0.2, 0.25) is 10.2 Å². The summed E-state index contributed by atoms with van der Waals surface area (Å²) in [5.74, 6) is -0.542. The van der Waals surface area contributed by atoms with Gasteiger partial charge in [-0.05, 0) is 0 Å². The maximum Gasteiger partial charge on any atom is 0.573 e. The summed E-state index contributed by atoms with van der Waals surface area (Å²) in [6, 6.07) is 0.923. The Morgan fingerprint density at radius 1 is 1.40 bits per heavy atom. The molecule has 0 aromatic carbocycles. The maximum absolute atomic E-state index is 11.9. The number of nitrogens with two attached hydrogens (primary N) is 1. The highest BCUT2D eigenvalue weighted by Gasteiger charge is 2.32. The van der Waals surface area contributed by atoms with Crippen molar-refractivity contribution in [1.29, 1.82) is 0 Å². The number of hydrogen-bond acceptors (Lipinski definition) is 3. The molecule has 0 fully saturated rings. The van der Waals surface area contributed by atoms with Crippen molar-refractivity contribution in [3.05, 3.63) is 21.9 Å². The molecule has 0 amide bonds. The van der Waals surface area contributed by atoms with E-state index >= 15 is 0 Å². The average Bonchev–Trinajstić information content (AvgIpc) is 2.08. The fourth-order valence-corrected chi connectivity index (χ4v) is 1.14. The summed E-state index contributed by atoms with van der Waals surface area (Å²) in [4.78, 5) is 3.56. The van der Waals surface area contributed by atoms with Gasteiger partial charge in [0.25, 0.3) is 0 Å². The first-order chi connectivity index (χ1) is 6.83. The highest BCUT2D eigenvalue weighted by molar-refractivity contribution is 6.41. The minimum atomic E-state index is -4.82. The number of aromatic nitrogens is 1. The Balaban J connectivity index is 3.11. The van der Waals surface area contributed by atoms with Crippen LogP contribution in [-0.4, -0.2) is 11.3 Å². The molecule has 0 aliphatic carbocycles. The van der Waals surface area contributed by atoms with E-state index in [1.54, 1.807) is 0 Å². The van der Waals surface area contributed by atoms with Gasteiger partial charge in [-0.3, -0.25) is 0 Å². The van der Waals surface area contributed by atoms with Crippen molar-refractivity contribution >= 4 is 23.2 Å². The number of rotatable bonds is 2. The van der Waals surface area contributed by atoms with Crippen LogP contribution < -0.4 is 10.5 Å². The topological polar surface area (TPSA) is 48.1 Å². The second-order valence-corrected chi connectivity index (χ2v) is 3.22. The number of pyridine rings is 1. The van der Waals surface area contributed by atoms with Gasteiger partial charge in [0.2, 0.25) is 0 Å². The van der Waals surface area contributed by atoms with E-state index in [1.165, 1.54) is 0 Å². The van der Waals surface area contributed by atoms with E-state index in [2.05, 4.69) is 9.72 Å². The van der Waals surface area contributed by atoms with E-state index < -0.39 is 12.1 Å². The number of halogens is 5. The van der Waals surface area contributed by atoms with Gasteiger partial charge >= 0.3 is 6.36 Å². The van der Waals surface area contributed by atoms with Gasteiger partial charge in [-0.25, -0.2) is 4.98 Å². The molecule has 0 radical (unpaired) electrons. The standard InChI is InChI=1S/C7H5Cl2F3N2O/c8-3-1-5(15-7(10,11)12)4(2-13)14-6(3)9/h1H,2,13H2. The SMILES string of the molecule is NCc1nc(Cl)c(Cl)cc1OC(F)(F)F. The van der Waals surface area contributed by atoms with Crippen molar-refractivity contribution in [3.63, 3.8) is 0 Å². The first-order valence-electron chi connectivity index (χ1n) is 3.64. The molecule has 0 saturated heterocycles. The van der Waals surface area contributed by atoms with E-state index in [1.807, 2.05) is 0 Å². The fraction of sp³-hybridized carbons (Fsp3) is 0.286. The Bertz CT molecular complexity index is 370. The summed E-state index contributed by atoms with van der Waals surface area (Å²) >= 11 is 11.0. The van der Waals surface area contributed by atoms with Gasteiger partial charge in [-0.1, -0.05) is 23.2 Å². The number of alkyl halides is 3. The molecule has 0 unspecified atom stereocenters. The fourth-order valence-electron chi connectivity index (χ4n) is 0.844. The average molecular weight is 261 g/mol. The summed E-state index contributed by atoms with van der Waals surface area (Å²) < 4.78 is 39.4. The molecule has 3 nitrogen and oxygen atoms in total. The minimum Gasteiger partial charge on any atom is -0.404 e. The molecule has 15 heavy (non-hydrogen) atoms. The summed E-state index contributed by atoms with van der Waals surface area (Å²) in [5, 5.41) is -0.250. The van der Waals surface area contributed by atoms with Crippen LogP contribution in [0.1, 0.15) is 5.69 Å². The maximum atomic E-state index is 11.9. The smallest absolute Gasteiger partial charge is 0.404 e. The van der Waals surface area contributed by atoms with Crippen LogP contribution in [0.25, 0.3) is 0 Å².